The first kappa shape index (κ1) is 22.6. The third kappa shape index (κ3) is 4.76. The second-order valence-electron chi connectivity index (χ2n) is 9.28. The lowest BCUT2D eigenvalue weighted by molar-refractivity contribution is 0.0573. The highest BCUT2D eigenvalue weighted by Crippen LogP contribution is 2.30. The number of anilines is 1. The SMILES string of the molecule is CN(C)S(=O)(=O)c1ccc(N2CCCCC2)c(C(=O)N2CCN(C3CCCC3)CC2)c1. The molecule has 3 aliphatic rings. The molecule has 1 aliphatic carbocycles. The van der Waals surface area contributed by atoms with Crippen LogP contribution in [-0.2, 0) is 10.0 Å². The van der Waals surface area contributed by atoms with Crippen molar-refractivity contribution in [1.82, 2.24) is 14.1 Å². The Bertz CT molecular complexity index is 882. The van der Waals surface area contributed by atoms with Crippen LogP contribution < -0.4 is 4.90 Å². The molecule has 1 saturated carbocycles. The molecule has 8 heteroatoms. The van der Waals surface area contributed by atoms with Gasteiger partial charge < -0.3 is 9.80 Å². The molecule has 0 N–H and O–H groups in total. The van der Waals surface area contributed by atoms with E-state index >= 15 is 0 Å². The van der Waals surface area contributed by atoms with Gasteiger partial charge in [-0.2, -0.15) is 0 Å². The second kappa shape index (κ2) is 9.46. The monoisotopic (exact) mass is 448 g/mol. The maximum atomic E-state index is 13.6. The number of benzene rings is 1. The van der Waals surface area contributed by atoms with Gasteiger partial charge in [-0.05, 0) is 50.3 Å². The Labute approximate surface area is 187 Å². The third-order valence-electron chi connectivity index (χ3n) is 7.12. The normalized spacial score (nSPS) is 21.8. The lowest BCUT2D eigenvalue weighted by Crippen LogP contribution is -2.51. The van der Waals surface area contributed by atoms with E-state index in [9.17, 15) is 13.2 Å². The van der Waals surface area contributed by atoms with Crippen LogP contribution in [0.3, 0.4) is 0 Å². The van der Waals surface area contributed by atoms with Crippen LogP contribution in [-0.4, -0.2) is 87.8 Å². The van der Waals surface area contributed by atoms with E-state index in [1.165, 1.54) is 50.5 Å². The molecule has 2 aliphatic heterocycles. The Hall–Kier alpha value is -1.64. The zero-order valence-electron chi connectivity index (χ0n) is 18.9. The van der Waals surface area contributed by atoms with Gasteiger partial charge >= 0.3 is 0 Å². The van der Waals surface area contributed by atoms with Gasteiger partial charge in [-0.3, -0.25) is 9.69 Å². The minimum Gasteiger partial charge on any atom is -0.371 e. The van der Waals surface area contributed by atoms with Gasteiger partial charge in [0.1, 0.15) is 0 Å². The molecule has 0 aromatic heterocycles. The van der Waals surface area contributed by atoms with Crippen LogP contribution in [0.1, 0.15) is 55.3 Å². The first-order chi connectivity index (χ1) is 14.9. The Balaban J connectivity index is 1.58. The molecule has 4 rings (SSSR count). The van der Waals surface area contributed by atoms with Gasteiger partial charge in [-0.25, -0.2) is 12.7 Å². The summed E-state index contributed by atoms with van der Waals surface area (Å²) in [6.45, 7) is 5.06. The maximum absolute atomic E-state index is 13.6. The number of hydrogen-bond donors (Lipinski definition) is 0. The maximum Gasteiger partial charge on any atom is 0.256 e. The molecule has 2 saturated heterocycles. The summed E-state index contributed by atoms with van der Waals surface area (Å²) in [6.07, 6.45) is 8.59. The Morgan fingerprint density at radius 1 is 0.903 bits per heavy atom. The van der Waals surface area contributed by atoms with Crippen LogP contribution in [0.2, 0.25) is 0 Å². The van der Waals surface area contributed by atoms with Crippen LogP contribution >= 0.6 is 0 Å². The van der Waals surface area contributed by atoms with Gasteiger partial charge in [0.05, 0.1) is 10.5 Å². The molecule has 2 heterocycles. The summed E-state index contributed by atoms with van der Waals surface area (Å²) in [7, 11) is -0.544. The van der Waals surface area contributed by atoms with Gasteiger partial charge in [0.2, 0.25) is 10.0 Å². The van der Waals surface area contributed by atoms with Crippen molar-refractivity contribution < 1.29 is 13.2 Å². The highest BCUT2D eigenvalue weighted by Gasteiger charge is 2.31. The number of amides is 1. The lowest BCUT2D eigenvalue weighted by atomic mass is 10.1. The first-order valence-electron chi connectivity index (χ1n) is 11.7. The average molecular weight is 449 g/mol. The van der Waals surface area contributed by atoms with Gasteiger partial charge in [-0.1, -0.05) is 12.8 Å². The summed E-state index contributed by atoms with van der Waals surface area (Å²) in [6, 6.07) is 5.76. The predicted molar refractivity (Wildman–Crippen MR) is 123 cm³/mol. The predicted octanol–water partition coefficient (Wildman–Crippen LogP) is 2.63. The van der Waals surface area contributed by atoms with E-state index < -0.39 is 10.0 Å². The van der Waals surface area contributed by atoms with Crippen LogP contribution in [0.25, 0.3) is 0 Å². The number of piperidine rings is 1. The zero-order valence-corrected chi connectivity index (χ0v) is 19.7. The number of nitrogens with zero attached hydrogens (tertiary/aromatic N) is 4. The molecular weight excluding hydrogens is 412 g/mol. The van der Waals surface area contributed by atoms with Crippen molar-refractivity contribution >= 4 is 21.6 Å². The van der Waals surface area contributed by atoms with E-state index in [2.05, 4.69) is 9.80 Å². The van der Waals surface area contributed by atoms with Crippen LogP contribution in [0.5, 0.6) is 0 Å². The molecule has 1 aromatic carbocycles. The summed E-state index contributed by atoms with van der Waals surface area (Å²) < 4.78 is 26.7. The Kier molecular flexibility index (Phi) is 6.89. The number of rotatable bonds is 5. The molecule has 7 nitrogen and oxygen atoms in total. The summed E-state index contributed by atoms with van der Waals surface area (Å²) in [5, 5.41) is 0. The Morgan fingerprint density at radius 2 is 1.55 bits per heavy atom. The molecule has 0 bridgehead atoms. The fourth-order valence-corrected chi connectivity index (χ4v) is 6.13. The molecular formula is C23H36N4O3S. The van der Waals surface area contributed by atoms with E-state index in [0.29, 0.717) is 24.7 Å². The quantitative estimate of drug-likeness (QED) is 0.693. The average Bonchev–Trinajstić information content (AvgIpc) is 3.34. The third-order valence-corrected chi connectivity index (χ3v) is 8.93. The summed E-state index contributed by atoms with van der Waals surface area (Å²) in [5.74, 6) is -0.0394. The second-order valence-corrected chi connectivity index (χ2v) is 11.4. The highest BCUT2D eigenvalue weighted by atomic mass is 32.2. The molecule has 0 spiro atoms. The minimum atomic E-state index is -3.60. The van der Waals surface area contributed by atoms with Crippen molar-refractivity contribution in [3.63, 3.8) is 0 Å². The fourth-order valence-electron chi connectivity index (χ4n) is 5.20. The molecule has 3 fully saturated rings. The fraction of sp³-hybridized carbons (Fsp3) is 0.696. The van der Waals surface area contributed by atoms with Crippen molar-refractivity contribution in [3.8, 4) is 0 Å². The van der Waals surface area contributed by atoms with E-state index in [-0.39, 0.29) is 10.8 Å². The van der Waals surface area contributed by atoms with Gasteiger partial charge in [0.25, 0.3) is 5.91 Å². The molecule has 0 atom stereocenters. The minimum absolute atomic E-state index is 0.0394. The summed E-state index contributed by atoms with van der Waals surface area (Å²) >= 11 is 0. The van der Waals surface area contributed by atoms with Gasteiger partial charge in [0, 0.05) is 65.1 Å². The number of piperazine rings is 1. The highest BCUT2D eigenvalue weighted by molar-refractivity contribution is 7.89. The molecule has 0 unspecified atom stereocenters. The van der Waals surface area contributed by atoms with Crippen molar-refractivity contribution in [2.75, 3.05) is 58.3 Å². The molecule has 172 valence electrons. The van der Waals surface area contributed by atoms with Crippen LogP contribution in [0.15, 0.2) is 23.1 Å². The smallest absolute Gasteiger partial charge is 0.256 e. The summed E-state index contributed by atoms with van der Waals surface area (Å²) in [5.41, 5.74) is 1.40. The molecule has 31 heavy (non-hydrogen) atoms. The molecule has 1 amide bonds. The van der Waals surface area contributed by atoms with E-state index in [0.717, 1.165) is 44.7 Å². The van der Waals surface area contributed by atoms with Gasteiger partial charge in [0.15, 0.2) is 0 Å². The number of carbonyl (C=O) groups excluding carboxylic acids is 1. The van der Waals surface area contributed by atoms with Crippen molar-refractivity contribution in [2.24, 2.45) is 0 Å². The largest absolute Gasteiger partial charge is 0.371 e. The molecule has 0 radical (unpaired) electrons. The standard InChI is InChI=1S/C23H36N4O3S/c1-24(2)31(29,30)20-10-11-22(26-12-6-3-7-13-26)21(18-20)23(28)27-16-14-25(15-17-27)19-8-4-5-9-19/h10-11,18-19H,3-9,12-17H2,1-2H3. The Morgan fingerprint density at radius 3 is 2.16 bits per heavy atom. The van der Waals surface area contributed by atoms with Crippen molar-refractivity contribution in [3.05, 3.63) is 23.8 Å². The van der Waals surface area contributed by atoms with Crippen molar-refractivity contribution in [1.29, 1.82) is 0 Å². The molecule has 1 aromatic rings. The van der Waals surface area contributed by atoms with E-state index in [4.69, 9.17) is 0 Å². The first-order valence-corrected chi connectivity index (χ1v) is 13.2. The lowest BCUT2D eigenvalue weighted by Gasteiger charge is -2.39. The van der Waals surface area contributed by atoms with Crippen LogP contribution in [0.4, 0.5) is 5.69 Å². The van der Waals surface area contributed by atoms with Gasteiger partial charge in [-0.15, -0.1) is 0 Å². The van der Waals surface area contributed by atoms with E-state index in [1.807, 2.05) is 11.0 Å². The van der Waals surface area contributed by atoms with Crippen molar-refractivity contribution in [2.45, 2.75) is 55.9 Å². The number of sulfonamides is 1. The number of hydrogen-bond acceptors (Lipinski definition) is 5. The van der Waals surface area contributed by atoms with E-state index in [1.54, 1.807) is 12.1 Å². The number of carbonyl (C=O) groups is 1. The topological polar surface area (TPSA) is 64.2 Å². The summed E-state index contributed by atoms with van der Waals surface area (Å²) in [4.78, 5) is 20.5. The van der Waals surface area contributed by atoms with Crippen LogP contribution in [0, 0.1) is 0 Å². The zero-order chi connectivity index (χ0) is 22.0.